The van der Waals surface area contributed by atoms with Gasteiger partial charge in [-0.1, -0.05) is 29.8 Å². The number of hydrogen-bond acceptors (Lipinski definition) is 6. The minimum absolute atomic E-state index is 0.155. The first-order chi connectivity index (χ1) is 14.9. The molecule has 0 radical (unpaired) electrons. The monoisotopic (exact) mass is 424 g/mol. The molecule has 1 aliphatic rings. The number of methoxy groups -OCH3 is 1. The average molecular weight is 424 g/mol. The number of urea groups is 1. The second-order valence-corrected chi connectivity index (χ2v) is 6.86. The van der Waals surface area contributed by atoms with Gasteiger partial charge in [0.1, 0.15) is 12.4 Å². The highest BCUT2D eigenvalue weighted by atomic mass is 16.5. The smallest absolute Gasteiger partial charge is 0.338 e. The SMILES string of the molecule is CCOC(=O)C1=C(COC(=O)c2ccc(C)cc2)NC(=O)NC1c1ccc(OC)cc1. The molecule has 0 spiro atoms. The first-order valence-electron chi connectivity index (χ1n) is 9.78. The minimum Gasteiger partial charge on any atom is -0.497 e. The number of aryl methyl sites for hydroxylation is 1. The molecule has 2 N–H and O–H groups in total. The lowest BCUT2D eigenvalue weighted by Gasteiger charge is -2.29. The normalized spacial score (nSPS) is 15.6. The number of amides is 2. The molecule has 2 aromatic rings. The molecule has 162 valence electrons. The van der Waals surface area contributed by atoms with Gasteiger partial charge in [0.15, 0.2) is 0 Å². The molecule has 0 aromatic heterocycles. The number of ether oxygens (including phenoxy) is 3. The van der Waals surface area contributed by atoms with Gasteiger partial charge in [-0.3, -0.25) is 0 Å². The van der Waals surface area contributed by atoms with Crippen molar-refractivity contribution >= 4 is 18.0 Å². The first-order valence-corrected chi connectivity index (χ1v) is 9.78. The second kappa shape index (κ2) is 9.80. The van der Waals surface area contributed by atoms with Gasteiger partial charge < -0.3 is 24.8 Å². The van der Waals surface area contributed by atoms with Crippen LogP contribution >= 0.6 is 0 Å². The Kier molecular flexibility index (Phi) is 6.92. The summed E-state index contributed by atoms with van der Waals surface area (Å²) in [4.78, 5) is 37.4. The Morgan fingerprint density at radius 2 is 1.65 bits per heavy atom. The van der Waals surface area contributed by atoms with Crippen molar-refractivity contribution in [3.05, 3.63) is 76.5 Å². The number of benzene rings is 2. The van der Waals surface area contributed by atoms with Gasteiger partial charge in [-0.2, -0.15) is 0 Å². The summed E-state index contributed by atoms with van der Waals surface area (Å²) in [5, 5.41) is 5.30. The summed E-state index contributed by atoms with van der Waals surface area (Å²) in [5.41, 5.74) is 2.38. The van der Waals surface area contributed by atoms with Gasteiger partial charge >= 0.3 is 18.0 Å². The van der Waals surface area contributed by atoms with E-state index in [0.717, 1.165) is 5.56 Å². The van der Waals surface area contributed by atoms with Crippen LogP contribution in [-0.2, 0) is 14.3 Å². The van der Waals surface area contributed by atoms with Crippen LogP contribution in [0.4, 0.5) is 4.79 Å². The van der Waals surface area contributed by atoms with Gasteiger partial charge in [0, 0.05) is 0 Å². The van der Waals surface area contributed by atoms with E-state index in [1.807, 2.05) is 6.92 Å². The van der Waals surface area contributed by atoms with E-state index in [-0.39, 0.29) is 24.5 Å². The van der Waals surface area contributed by atoms with Crippen molar-refractivity contribution in [1.82, 2.24) is 10.6 Å². The zero-order valence-corrected chi connectivity index (χ0v) is 17.6. The van der Waals surface area contributed by atoms with Crippen LogP contribution in [0.1, 0.15) is 34.5 Å². The van der Waals surface area contributed by atoms with E-state index in [4.69, 9.17) is 14.2 Å². The van der Waals surface area contributed by atoms with Gasteiger partial charge in [-0.05, 0) is 43.7 Å². The lowest BCUT2D eigenvalue weighted by atomic mass is 9.95. The van der Waals surface area contributed by atoms with E-state index in [1.165, 1.54) is 0 Å². The van der Waals surface area contributed by atoms with E-state index in [9.17, 15) is 14.4 Å². The maximum absolute atomic E-state index is 12.7. The Hall–Kier alpha value is -3.81. The molecule has 1 heterocycles. The molecule has 2 amide bonds. The zero-order chi connectivity index (χ0) is 22.4. The Labute approximate surface area is 180 Å². The molecule has 3 rings (SSSR count). The third-order valence-corrected chi connectivity index (χ3v) is 4.73. The standard InChI is InChI=1S/C23H24N2O6/c1-4-30-22(27)19-18(13-31-21(26)16-7-5-14(2)6-8-16)24-23(28)25-20(19)15-9-11-17(29-3)12-10-15/h5-12,20H,4,13H2,1-3H3,(H2,24,25,28). The molecule has 0 fully saturated rings. The van der Waals surface area contributed by atoms with E-state index in [2.05, 4.69) is 10.6 Å². The van der Waals surface area contributed by atoms with Crippen molar-refractivity contribution in [2.75, 3.05) is 20.3 Å². The molecule has 1 atom stereocenters. The molecule has 8 heteroatoms. The fourth-order valence-electron chi connectivity index (χ4n) is 3.14. The van der Waals surface area contributed by atoms with Crippen LogP contribution in [0.2, 0.25) is 0 Å². The molecule has 8 nitrogen and oxygen atoms in total. The molecule has 31 heavy (non-hydrogen) atoms. The van der Waals surface area contributed by atoms with Crippen LogP contribution in [0, 0.1) is 6.92 Å². The highest BCUT2D eigenvalue weighted by molar-refractivity contribution is 5.95. The summed E-state index contributed by atoms with van der Waals surface area (Å²) >= 11 is 0. The Bertz CT molecular complexity index is 996. The fraction of sp³-hybridized carbons (Fsp3) is 0.261. The number of carbonyl (C=O) groups is 3. The third-order valence-electron chi connectivity index (χ3n) is 4.73. The van der Waals surface area contributed by atoms with Gasteiger partial charge in [-0.25, -0.2) is 14.4 Å². The lowest BCUT2D eigenvalue weighted by molar-refractivity contribution is -0.139. The quantitative estimate of drug-likeness (QED) is 0.663. The topological polar surface area (TPSA) is 103 Å². The van der Waals surface area contributed by atoms with Crippen LogP contribution < -0.4 is 15.4 Å². The highest BCUT2D eigenvalue weighted by Gasteiger charge is 2.34. The van der Waals surface area contributed by atoms with Crippen LogP contribution in [0.3, 0.4) is 0 Å². The van der Waals surface area contributed by atoms with Crippen molar-refractivity contribution in [3.63, 3.8) is 0 Å². The third kappa shape index (κ3) is 5.22. The van der Waals surface area contributed by atoms with Crippen molar-refractivity contribution in [3.8, 4) is 5.75 Å². The number of nitrogens with one attached hydrogen (secondary N) is 2. The van der Waals surface area contributed by atoms with Crippen molar-refractivity contribution in [2.24, 2.45) is 0 Å². The zero-order valence-electron chi connectivity index (χ0n) is 17.6. The molecule has 0 bridgehead atoms. The van der Waals surface area contributed by atoms with Crippen LogP contribution in [0.25, 0.3) is 0 Å². The molecule has 1 unspecified atom stereocenters. The van der Waals surface area contributed by atoms with Crippen molar-refractivity contribution in [1.29, 1.82) is 0 Å². The summed E-state index contributed by atoms with van der Waals surface area (Å²) in [6.07, 6.45) is 0. The van der Waals surface area contributed by atoms with Crippen LogP contribution in [0.5, 0.6) is 5.75 Å². The lowest BCUT2D eigenvalue weighted by Crippen LogP contribution is -2.47. The van der Waals surface area contributed by atoms with E-state index >= 15 is 0 Å². The predicted octanol–water partition coefficient (Wildman–Crippen LogP) is 3.03. The van der Waals surface area contributed by atoms with E-state index in [1.54, 1.807) is 62.6 Å². The van der Waals surface area contributed by atoms with Crippen LogP contribution in [0.15, 0.2) is 59.8 Å². The molecular formula is C23H24N2O6. The summed E-state index contributed by atoms with van der Waals surface area (Å²) < 4.78 is 15.7. The van der Waals surface area contributed by atoms with Gasteiger partial charge in [-0.15, -0.1) is 0 Å². The number of rotatable bonds is 7. The Balaban J connectivity index is 1.91. The first kappa shape index (κ1) is 21.9. The van der Waals surface area contributed by atoms with Crippen molar-refractivity contribution < 1.29 is 28.6 Å². The van der Waals surface area contributed by atoms with Crippen LogP contribution in [-0.4, -0.2) is 38.3 Å². The molecule has 0 saturated carbocycles. The molecular weight excluding hydrogens is 400 g/mol. The summed E-state index contributed by atoms with van der Waals surface area (Å²) in [7, 11) is 1.55. The highest BCUT2D eigenvalue weighted by Crippen LogP contribution is 2.29. The van der Waals surface area contributed by atoms with Gasteiger partial charge in [0.05, 0.1) is 36.6 Å². The van der Waals surface area contributed by atoms with E-state index in [0.29, 0.717) is 16.9 Å². The fourth-order valence-corrected chi connectivity index (χ4v) is 3.14. The van der Waals surface area contributed by atoms with Crippen molar-refractivity contribution in [2.45, 2.75) is 19.9 Å². The van der Waals surface area contributed by atoms with Gasteiger partial charge in [0.25, 0.3) is 0 Å². The maximum Gasteiger partial charge on any atom is 0.338 e. The summed E-state index contributed by atoms with van der Waals surface area (Å²) in [6.45, 7) is 3.46. The molecule has 0 saturated heterocycles. The minimum atomic E-state index is -0.771. The van der Waals surface area contributed by atoms with Gasteiger partial charge in [0.2, 0.25) is 0 Å². The maximum atomic E-state index is 12.7. The Morgan fingerprint density at radius 1 is 0.968 bits per heavy atom. The molecule has 1 aliphatic heterocycles. The second-order valence-electron chi connectivity index (χ2n) is 6.86. The summed E-state index contributed by atoms with van der Waals surface area (Å²) in [5.74, 6) is -0.542. The average Bonchev–Trinajstić information content (AvgIpc) is 2.77. The largest absolute Gasteiger partial charge is 0.497 e. The Morgan fingerprint density at radius 3 is 2.26 bits per heavy atom. The predicted molar refractivity (Wildman–Crippen MR) is 113 cm³/mol. The summed E-state index contributed by atoms with van der Waals surface area (Å²) in [6, 6.07) is 12.5. The number of carbonyl (C=O) groups excluding carboxylic acids is 3. The van der Waals surface area contributed by atoms with E-state index < -0.39 is 24.0 Å². The number of esters is 2. The molecule has 2 aromatic carbocycles. The molecule has 0 aliphatic carbocycles. The number of hydrogen-bond donors (Lipinski definition) is 2.